The molecule has 2 aromatic carbocycles. The molecular weight excluding hydrogens is 464 g/mol. The monoisotopic (exact) mass is 500 g/mol. The number of H-pyrrole nitrogens is 1. The zero-order valence-electron chi connectivity index (χ0n) is 22.4. The second-order valence-electron chi connectivity index (χ2n) is 12.3. The number of piperazine rings is 1. The highest BCUT2D eigenvalue weighted by molar-refractivity contribution is 6.20. The predicted octanol–water partition coefficient (Wildman–Crippen LogP) is 5.55. The van der Waals surface area contributed by atoms with Crippen LogP contribution in [-0.4, -0.2) is 53.5 Å². The summed E-state index contributed by atoms with van der Waals surface area (Å²) < 4.78 is 5.59. The molecule has 3 aromatic rings. The Balaban J connectivity index is 1.37. The van der Waals surface area contributed by atoms with Crippen LogP contribution in [0.4, 0.5) is 16.2 Å². The number of carbonyl (C=O) groups excluding carboxylic acids is 2. The number of nitrogens with two attached hydrogens (primary N) is 1. The zero-order chi connectivity index (χ0) is 26.3. The number of rotatable bonds is 2. The van der Waals surface area contributed by atoms with Gasteiger partial charge in [0.1, 0.15) is 5.60 Å². The predicted molar refractivity (Wildman–Crippen MR) is 147 cm³/mol. The molecule has 2 fully saturated rings. The molecule has 0 spiro atoms. The Morgan fingerprint density at radius 2 is 1.78 bits per heavy atom. The lowest BCUT2D eigenvalue weighted by atomic mass is 9.70. The lowest BCUT2D eigenvalue weighted by molar-refractivity contribution is 0.0240. The van der Waals surface area contributed by atoms with Crippen LogP contribution >= 0.6 is 0 Å². The van der Waals surface area contributed by atoms with Crippen LogP contribution in [0.2, 0.25) is 0 Å². The molecule has 1 amide bonds. The number of hydrogen-bond acceptors (Lipinski definition) is 5. The van der Waals surface area contributed by atoms with Crippen molar-refractivity contribution in [2.75, 3.05) is 36.8 Å². The van der Waals surface area contributed by atoms with E-state index in [1.54, 1.807) is 4.90 Å². The molecule has 0 radical (unpaired) electrons. The molecule has 7 nitrogen and oxygen atoms in total. The molecule has 6 rings (SSSR count). The SMILES string of the molecule is CC(C)(C)OC(=O)N1CCN(c2cc3c(cc2C2CC2)C(=O)c2c([nH]c4cc(N)ccc24)C3(C)C)CC1. The average Bonchev–Trinajstić information content (AvgIpc) is 3.61. The molecule has 194 valence electrons. The fourth-order valence-electron chi connectivity index (χ4n) is 5.95. The highest BCUT2D eigenvalue weighted by Gasteiger charge is 2.42. The summed E-state index contributed by atoms with van der Waals surface area (Å²) in [6.45, 7) is 12.8. The van der Waals surface area contributed by atoms with Gasteiger partial charge in [-0.05, 0) is 74.9 Å². The molecule has 0 unspecified atom stereocenters. The maximum Gasteiger partial charge on any atom is 0.410 e. The number of fused-ring (bicyclic) bond motifs is 4. The first-order valence-corrected chi connectivity index (χ1v) is 13.3. The van der Waals surface area contributed by atoms with Crippen LogP contribution in [0.1, 0.15) is 86.1 Å². The number of nitrogen functional groups attached to an aromatic ring is 1. The number of amides is 1. The number of ketones is 1. The molecule has 3 aliphatic rings. The maximum absolute atomic E-state index is 13.9. The Morgan fingerprint density at radius 3 is 2.43 bits per heavy atom. The van der Waals surface area contributed by atoms with Gasteiger partial charge in [0, 0.05) is 65.1 Å². The molecule has 7 heteroatoms. The molecule has 3 N–H and O–H groups in total. The van der Waals surface area contributed by atoms with Gasteiger partial charge in [-0.3, -0.25) is 4.79 Å². The van der Waals surface area contributed by atoms with Crippen LogP contribution in [0.15, 0.2) is 30.3 Å². The van der Waals surface area contributed by atoms with Crippen molar-refractivity contribution in [3.05, 3.63) is 58.3 Å². The molecule has 1 aliphatic heterocycles. The van der Waals surface area contributed by atoms with E-state index < -0.39 is 5.60 Å². The van der Waals surface area contributed by atoms with Crippen molar-refractivity contribution in [3.8, 4) is 0 Å². The standard InChI is InChI=1S/C30H36N4O3/c1-29(2,3)37-28(36)34-12-10-33(11-13-34)24-16-22-21(15-20(24)17-6-7-17)26(35)25-19-9-8-18(31)14-23(19)32-27(25)30(22,4)5/h8-9,14-17,32H,6-7,10-13,31H2,1-5H3. The van der Waals surface area contributed by atoms with Crippen molar-refractivity contribution >= 4 is 34.2 Å². The van der Waals surface area contributed by atoms with Crippen LogP contribution in [0.3, 0.4) is 0 Å². The van der Waals surface area contributed by atoms with Crippen molar-refractivity contribution in [1.29, 1.82) is 0 Å². The van der Waals surface area contributed by atoms with Gasteiger partial charge in [-0.2, -0.15) is 0 Å². The van der Waals surface area contributed by atoms with E-state index in [4.69, 9.17) is 10.5 Å². The lowest BCUT2D eigenvalue weighted by Gasteiger charge is -2.39. The van der Waals surface area contributed by atoms with Crippen molar-refractivity contribution in [2.45, 2.75) is 64.4 Å². The first-order valence-electron chi connectivity index (χ1n) is 13.3. The maximum atomic E-state index is 13.9. The fraction of sp³-hybridized carbons (Fsp3) is 0.467. The van der Waals surface area contributed by atoms with Crippen molar-refractivity contribution < 1.29 is 14.3 Å². The molecular formula is C30H36N4O3. The highest BCUT2D eigenvalue weighted by atomic mass is 16.6. The first-order chi connectivity index (χ1) is 17.4. The minimum Gasteiger partial charge on any atom is -0.444 e. The van der Waals surface area contributed by atoms with E-state index in [1.807, 2.05) is 39.0 Å². The fourth-order valence-corrected chi connectivity index (χ4v) is 5.95. The summed E-state index contributed by atoms with van der Waals surface area (Å²) in [6.07, 6.45) is 2.05. The van der Waals surface area contributed by atoms with E-state index in [-0.39, 0.29) is 17.3 Å². The summed E-state index contributed by atoms with van der Waals surface area (Å²) in [5.74, 6) is 0.577. The summed E-state index contributed by atoms with van der Waals surface area (Å²) in [4.78, 5) is 34.3. The molecule has 1 aromatic heterocycles. The van der Waals surface area contributed by atoms with E-state index >= 15 is 0 Å². The van der Waals surface area contributed by atoms with Crippen LogP contribution < -0.4 is 10.6 Å². The number of nitrogens with one attached hydrogen (secondary N) is 1. The van der Waals surface area contributed by atoms with E-state index in [9.17, 15) is 9.59 Å². The summed E-state index contributed by atoms with van der Waals surface area (Å²) in [7, 11) is 0. The van der Waals surface area contributed by atoms with E-state index in [1.165, 1.54) is 11.3 Å². The summed E-state index contributed by atoms with van der Waals surface area (Å²) in [5.41, 5.74) is 12.8. The Hall–Kier alpha value is -3.48. The van der Waals surface area contributed by atoms with Crippen LogP contribution in [0, 0.1) is 0 Å². The first kappa shape index (κ1) is 23.9. The minimum atomic E-state index is -0.503. The number of benzene rings is 2. The van der Waals surface area contributed by atoms with Gasteiger partial charge in [0.25, 0.3) is 0 Å². The molecule has 2 aliphatic carbocycles. The van der Waals surface area contributed by atoms with Crippen molar-refractivity contribution in [2.24, 2.45) is 0 Å². The number of aromatic amines is 1. The Labute approximate surface area is 217 Å². The normalized spacial score (nSPS) is 19.1. The number of ether oxygens (including phenoxy) is 1. The van der Waals surface area contributed by atoms with Crippen LogP contribution in [-0.2, 0) is 10.2 Å². The van der Waals surface area contributed by atoms with E-state index in [0.717, 1.165) is 59.2 Å². The van der Waals surface area contributed by atoms with Gasteiger partial charge in [-0.15, -0.1) is 0 Å². The molecule has 1 saturated heterocycles. The average molecular weight is 501 g/mol. The Morgan fingerprint density at radius 1 is 1.08 bits per heavy atom. The smallest absolute Gasteiger partial charge is 0.410 e. The quantitative estimate of drug-likeness (QED) is 0.450. The second kappa shape index (κ2) is 8.01. The van der Waals surface area contributed by atoms with Crippen LogP contribution in [0.5, 0.6) is 0 Å². The van der Waals surface area contributed by atoms with Crippen LogP contribution in [0.25, 0.3) is 10.9 Å². The molecule has 0 bridgehead atoms. The third kappa shape index (κ3) is 3.95. The third-order valence-corrected chi connectivity index (χ3v) is 8.05. The molecule has 1 saturated carbocycles. The number of nitrogens with zero attached hydrogens (tertiary/aromatic N) is 2. The van der Waals surface area contributed by atoms with Gasteiger partial charge in [0.05, 0.1) is 5.56 Å². The van der Waals surface area contributed by atoms with Gasteiger partial charge in [-0.1, -0.05) is 19.9 Å². The van der Waals surface area contributed by atoms with Crippen molar-refractivity contribution in [3.63, 3.8) is 0 Å². The van der Waals surface area contributed by atoms with Gasteiger partial charge in [0.15, 0.2) is 5.78 Å². The largest absolute Gasteiger partial charge is 0.444 e. The zero-order valence-corrected chi connectivity index (χ0v) is 22.4. The third-order valence-electron chi connectivity index (χ3n) is 8.05. The number of carbonyl (C=O) groups is 2. The summed E-state index contributed by atoms with van der Waals surface area (Å²) in [5, 5.41) is 0.934. The Bertz CT molecular complexity index is 1430. The van der Waals surface area contributed by atoms with E-state index in [2.05, 4.69) is 35.9 Å². The summed E-state index contributed by atoms with van der Waals surface area (Å²) >= 11 is 0. The number of anilines is 2. The van der Waals surface area contributed by atoms with E-state index in [0.29, 0.717) is 24.7 Å². The highest BCUT2D eigenvalue weighted by Crippen LogP contribution is 2.50. The number of hydrogen-bond donors (Lipinski definition) is 2. The molecule has 2 heterocycles. The minimum absolute atomic E-state index is 0.0866. The molecule has 0 atom stereocenters. The second-order valence-corrected chi connectivity index (χ2v) is 12.3. The topological polar surface area (TPSA) is 91.7 Å². The van der Waals surface area contributed by atoms with Gasteiger partial charge < -0.3 is 25.3 Å². The van der Waals surface area contributed by atoms with Gasteiger partial charge in [0.2, 0.25) is 0 Å². The lowest BCUT2D eigenvalue weighted by Crippen LogP contribution is -2.50. The Kier molecular flexibility index (Phi) is 5.17. The van der Waals surface area contributed by atoms with Crippen molar-refractivity contribution in [1.82, 2.24) is 9.88 Å². The van der Waals surface area contributed by atoms with Gasteiger partial charge >= 0.3 is 6.09 Å². The van der Waals surface area contributed by atoms with Gasteiger partial charge in [-0.25, -0.2) is 4.79 Å². The number of aromatic nitrogens is 1. The molecule has 37 heavy (non-hydrogen) atoms. The summed E-state index contributed by atoms with van der Waals surface area (Å²) in [6, 6.07) is 10.2.